The number of rotatable bonds is 4. The average molecular weight is 271 g/mol. The van der Waals surface area contributed by atoms with Crippen molar-refractivity contribution >= 4 is 23.1 Å². The van der Waals surface area contributed by atoms with Gasteiger partial charge in [0.25, 0.3) is 0 Å². The molecular formula is C14H13N3O3. The topological polar surface area (TPSA) is 71.9 Å². The predicted octanol–water partition coefficient (Wildman–Crippen LogP) is 3.17. The number of ether oxygens (including phenoxy) is 1. The molecular weight excluding hydrogens is 258 g/mol. The summed E-state index contributed by atoms with van der Waals surface area (Å²) in [6.07, 6.45) is 1.43. The molecule has 0 fully saturated rings. The first-order chi connectivity index (χ1) is 9.65. The van der Waals surface area contributed by atoms with Crippen molar-refractivity contribution in [1.82, 2.24) is 4.98 Å². The smallest absolute Gasteiger partial charge is 0.229 e. The van der Waals surface area contributed by atoms with Crippen molar-refractivity contribution in [2.45, 2.75) is 6.92 Å². The molecule has 0 bridgehead atoms. The van der Waals surface area contributed by atoms with Crippen LogP contribution in [-0.4, -0.2) is 18.0 Å². The van der Waals surface area contributed by atoms with E-state index in [9.17, 15) is 9.70 Å². The Morgan fingerprint density at radius 1 is 1.30 bits per heavy atom. The summed E-state index contributed by atoms with van der Waals surface area (Å²) in [6.45, 7) is 1.42. The summed E-state index contributed by atoms with van der Waals surface area (Å²) >= 11 is 0. The van der Waals surface area contributed by atoms with Crippen LogP contribution in [0.15, 0.2) is 47.8 Å². The largest absolute Gasteiger partial charge is 0.497 e. The number of nitroso groups, excluding NO2 is 1. The fraction of sp³-hybridized carbons (Fsp3) is 0.143. The van der Waals surface area contributed by atoms with E-state index in [1.165, 1.54) is 30.2 Å². The number of carbonyl (C=O) groups excluding carboxylic acids is 1. The summed E-state index contributed by atoms with van der Waals surface area (Å²) in [5.74, 6) is 0.732. The summed E-state index contributed by atoms with van der Waals surface area (Å²) in [7, 11) is 1.55. The number of aromatic nitrogens is 1. The van der Waals surface area contributed by atoms with Crippen molar-refractivity contribution in [2.24, 2.45) is 5.18 Å². The Labute approximate surface area is 116 Å². The normalized spacial score (nSPS) is 9.90. The number of nitrogens with zero attached hydrogens (tertiary/aromatic N) is 3. The van der Waals surface area contributed by atoms with Crippen LogP contribution in [-0.2, 0) is 4.79 Å². The Hall–Kier alpha value is -2.76. The molecule has 0 radical (unpaired) electrons. The Morgan fingerprint density at radius 2 is 2.10 bits per heavy atom. The van der Waals surface area contributed by atoms with Gasteiger partial charge in [-0.25, -0.2) is 4.98 Å². The Balaban J connectivity index is 2.49. The Morgan fingerprint density at radius 3 is 2.75 bits per heavy atom. The highest BCUT2D eigenvalue weighted by Gasteiger charge is 2.16. The van der Waals surface area contributed by atoms with Crippen LogP contribution in [0.2, 0.25) is 0 Å². The molecule has 0 saturated heterocycles. The number of anilines is 2. The van der Waals surface area contributed by atoms with E-state index in [1.807, 2.05) is 0 Å². The lowest BCUT2D eigenvalue weighted by atomic mass is 10.2. The van der Waals surface area contributed by atoms with Gasteiger partial charge in [-0.15, -0.1) is 4.91 Å². The van der Waals surface area contributed by atoms with E-state index in [4.69, 9.17) is 4.74 Å². The third kappa shape index (κ3) is 2.80. The minimum absolute atomic E-state index is 0.212. The zero-order chi connectivity index (χ0) is 14.5. The van der Waals surface area contributed by atoms with E-state index in [0.717, 1.165) is 0 Å². The highest BCUT2D eigenvalue weighted by molar-refractivity contribution is 5.98. The molecule has 0 N–H and O–H groups in total. The zero-order valence-corrected chi connectivity index (χ0v) is 11.1. The monoisotopic (exact) mass is 271 g/mol. The van der Waals surface area contributed by atoms with Crippen LogP contribution in [0.3, 0.4) is 0 Å². The van der Waals surface area contributed by atoms with Gasteiger partial charge in [-0.2, -0.15) is 0 Å². The van der Waals surface area contributed by atoms with E-state index >= 15 is 0 Å². The van der Waals surface area contributed by atoms with Crippen LogP contribution < -0.4 is 9.64 Å². The molecule has 0 aliphatic rings. The summed E-state index contributed by atoms with van der Waals surface area (Å²) < 4.78 is 5.14. The third-order valence-electron chi connectivity index (χ3n) is 2.69. The first-order valence-electron chi connectivity index (χ1n) is 5.90. The molecule has 0 atom stereocenters. The second-order valence-corrected chi connectivity index (χ2v) is 4.02. The van der Waals surface area contributed by atoms with Crippen LogP contribution >= 0.6 is 0 Å². The number of methoxy groups -OCH3 is 1. The molecule has 20 heavy (non-hydrogen) atoms. The molecule has 102 valence electrons. The first kappa shape index (κ1) is 13.7. The van der Waals surface area contributed by atoms with Crippen molar-refractivity contribution < 1.29 is 9.53 Å². The highest BCUT2D eigenvalue weighted by Crippen LogP contribution is 2.29. The fourth-order valence-corrected chi connectivity index (χ4v) is 1.81. The zero-order valence-electron chi connectivity index (χ0n) is 11.1. The van der Waals surface area contributed by atoms with Gasteiger partial charge in [-0.05, 0) is 23.4 Å². The van der Waals surface area contributed by atoms with Crippen molar-refractivity contribution in [2.75, 3.05) is 12.0 Å². The molecule has 0 saturated carbocycles. The molecule has 0 spiro atoms. The number of amides is 1. The predicted molar refractivity (Wildman–Crippen MR) is 75.5 cm³/mol. The van der Waals surface area contributed by atoms with E-state index in [0.29, 0.717) is 17.3 Å². The summed E-state index contributed by atoms with van der Waals surface area (Å²) in [5.41, 5.74) is 0.816. The average Bonchev–Trinajstić information content (AvgIpc) is 2.47. The standard InChI is InChI=1S/C14H13N3O3/c1-10(18)17(12-4-3-5-13(9-12)20-2)14-8-11(16-19)6-7-15-14/h3-9H,1-2H3. The number of pyridine rings is 1. The van der Waals surface area contributed by atoms with Crippen LogP contribution in [0.1, 0.15) is 6.92 Å². The summed E-state index contributed by atoms with van der Waals surface area (Å²) in [4.78, 5) is 28.0. The molecule has 2 rings (SSSR count). The van der Waals surface area contributed by atoms with E-state index in [2.05, 4.69) is 10.2 Å². The number of hydrogen-bond donors (Lipinski definition) is 0. The van der Waals surface area contributed by atoms with Gasteiger partial charge in [-0.1, -0.05) is 6.07 Å². The lowest BCUT2D eigenvalue weighted by molar-refractivity contribution is -0.115. The van der Waals surface area contributed by atoms with Gasteiger partial charge in [0.05, 0.1) is 12.8 Å². The Kier molecular flexibility index (Phi) is 4.05. The van der Waals surface area contributed by atoms with Gasteiger partial charge in [0.1, 0.15) is 17.3 Å². The minimum Gasteiger partial charge on any atom is -0.497 e. The number of benzene rings is 1. The number of hydrogen-bond acceptors (Lipinski definition) is 5. The maximum atomic E-state index is 11.9. The molecule has 1 aromatic carbocycles. The van der Waals surface area contributed by atoms with Gasteiger partial charge in [0.15, 0.2) is 0 Å². The lowest BCUT2D eigenvalue weighted by Crippen LogP contribution is -2.23. The second kappa shape index (κ2) is 5.92. The minimum atomic E-state index is -0.228. The van der Waals surface area contributed by atoms with E-state index in [1.54, 1.807) is 31.4 Å². The molecule has 0 aliphatic heterocycles. The lowest BCUT2D eigenvalue weighted by Gasteiger charge is -2.20. The molecule has 2 aromatic rings. The van der Waals surface area contributed by atoms with Crippen LogP contribution in [0.25, 0.3) is 0 Å². The first-order valence-corrected chi connectivity index (χ1v) is 5.90. The maximum absolute atomic E-state index is 11.9. The Bertz CT molecular complexity index is 643. The van der Waals surface area contributed by atoms with Crippen LogP contribution in [0.4, 0.5) is 17.2 Å². The van der Waals surface area contributed by atoms with E-state index < -0.39 is 0 Å². The van der Waals surface area contributed by atoms with Crippen molar-refractivity contribution in [1.29, 1.82) is 0 Å². The van der Waals surface area contributed by atoms with Gasteiger partial charge in [0.2, 0.25) is 5.91 Å². The second-order valence-electron chi connectivity index (χ2n) is 4.02. The van der Waals surface area contributed by atoms with Crippen molar-refractivity contribution in [3.63, 3.8) is 0 Å². The van der Waals surface area contributed by atoms with Gasteiger partial charge in [-0.3, -0.25) is 9.69 Å². The highest BCUT2D eigenvalue weighted by atomic mass is 16.5. The van der Waals surface area contributed by atoms with Crippen molar-refractivity contribution in [3.05, 3.63) is 47.5 Å². The van der Waals surface area contributed by atoms with Gasteiger partial charge >= 0.3 is 0 Å². The van der Waals surface area contributed by atoms with E-state index in [-0.39, 0.29) is 11.6 Å². The quantitative estimate of drug-likeness (QED) is 0.800. The summed E-state index contributed by atoms with van der Waals surface area (Å²) in [5, 5.41) is 2.85. The molecule has 6 heteroatoms. The third-order valence-corrected chi connectivity index (χ3v) is 2.69. The van der Waals surface area contributed by atoms with Gasteiger partial charge < -0.3 is 4.74 Å². The van der Waals surface area contributed by atoms with Crippen LogP contribution in [0.5, 0.6) is 5.75 Å². The molecule has 1 heterocycles. The maximum Gasteiger partial charge on any atom is 0.229 e. The molecule has 0 unspecified atom stereocenters. The molecule has 6 nitrogen and oxygen atoms in total. The van der Waals surface area contributed by atoms with Crippen LogP contribution in [0, 0.1) is 4.91 Å². The molecule has 1 amide bonds. The number of carbonyl (C=O) groups is 1. The summed E-state index contributed by atoms with van der Waals surface area (Å²) in [6, 6.07) is 9.94. The SMILES string of the molecule is COc1cccc(N(C(C)=O)c2cc(N=O)ccn2)c1. The fourth-order valence-electron chi connectivity index (χ4n) is 1.81. The van der Waals surface area contributed by atoms with Crippen molar-refractivity contribution in [3.8, 4) is 5.75 Å². The molecule has 0 aliphatic carbocycles. The van der Waals surface area contributed by atoms with Gasteiger partial charge in [0, 0.05) is 25.3 Å². The molecule has 1 aromatic heterocycles.